The van der Waals surface area contributed by atoms with Crippen molar-refractivity contribution >= 4 is 10.0 Å². The summed E-state index contributed by atoms with van der Waals surface area (Å²) in [6.45, 7) is 0.962. The molecule has 1 unspecified atom stereocenters. The van der Waals surface area contributed by atoms with Crippen molar-refractivity contribution < 1.29 is 8.42 Å². The molecule has 1 aliphatic carbocycles. The van der Waals surface area contributed by atoms with Gasteiger partial charge in [0.1, 0.15) is 0 Å². The molecule has 5 heteroatoms. The van der Waals surface area contributed by atoms with E-state index < -0.39 is 10.0 Å². The summed E-state index contributed by atoms with van der Waals surface area (Å²) >= 11 is 0. The second-order valence-electron chi connectivity index (χ2n) is 5.73. The van der Waals surface area contributed by atoms with Crippen molar-refractivity contribution in [3.63, 3.8) is 0 Å². The lowest BCUT2D eigenvalue weighted by Crippen LogP contribution is -2.41. The largest absolute Gasteiger partial charge is 0.313 e. The van der Waals surface area contributed by atoms with Crippen molar-refractivity contribution in [1.82, 2.24) is 10.0 Å². The molecule has 2 N–H and O–H groups in total. The lowest BCUT2D eigenvalue weighted by atomic mass is 9.97. The zero-order valence-electron chi connectivity index (χ0n) is 11.2. The molecule has 1 atom stereocenters. The van der Waals surface area contributed by atoms with Crippen molar-refractivity contribution in [3.8, 4) is 0 Å². The zero-order valence-corrected chi connectivity index (χ0v) is 12.0. The summed E-state index contributed by atoms with van der Waals surface area (Å²) in [5, 5.41) is 3.25. The van der Waals surface area contributed by atoms with E-state index in [9.17, 15) is 8.42 Å². The van der Waals surface area contributed by atoms with Gasteiger partial charge in [0.25, 0.3) is 0 Å². The van der Waals surface area contributed by atoms with Crippen LogP contribution in [0.2, 0.25) is 0 Å². The first-order valence-corrected chi connectivity index (χ1v) is 9.04. The number of nitrogens with one attached hydrogen (secondary N) is 2. The third-order valence-electron chi connectivity index (χ3n) is 4.03. The molecule has 1 saturated heterocycles. The molecule has 0 aromatic carbocycles. The van der Waals surface area contributed by atoms with Crippen LogP contribution >= 0.6 is 0 Å². The van der Waals surface area contributed by atoms with Crippen LogP contribution in [0.1, 0.15) is 57.8 Å². The zero-order chi connectivity index (χ0) is 12.8. The average Bonchev–Trinajstić information content (AvgIpc) is 2.73. The van der Waals surface area contributed by atoms with Crippen molar-refractivity contribution in [3.05, 3.63) is 0 Å². The van der Waals surface area contributed by atoms with Crippen LogP contribution in [0.4, 0.5) is 0 Å². The van der Waals surface area contributed by atoms with Gasteiger partial charge in [-0.15, -0.1) is 0 Å². The maximum Gasteiger partial charge on any atom is 0.213 e. The van der Waals surface area contributed by atoms with Crippen LogP contribution in [-0.4, -0.2) is 32.8 Å². The molecule has 1 saturated carbocycles. The van der Waals surface area contributed by atoms with Gasteiger partial charge in [0.15, 0.2) is 0 Å². The van der Waals surface area contributed by atoms with E-state index in [-0.39, 0.29) is 17.8 Å². The lowest BCUT2D eigenvalue weighted by molar-refractivity contribution is 0.425. The summed E-state index contributed by atoms with van der Waals surface area (Å²) in [7, 11) is -3.11. The first-order valence-electron chi connectivity index (χ1n) is 7.39. The molecule has 18 heavy (non-hydrogen) atoms. The van der Waals surface area contributed by atoms with Crippen LogP contribution in [-0.2, 0) is 10.0 Å². The average molecular weight is 274 g/mol. The van der Waals surface area contributed by atoms with Crippen LogP contribution in [0.3, 0.4) is 0 Å². The third kappa shape index (κ3) is 4.86. The van der Waals surface area contributed by atoms with Crippen LogP contribution in [0.5, 0.6) is 0 Å². The Morgan fingerprint density at radius 3 is 2.22 bits per heavy atom. The van der Waals surface area contributed by atoms with Gasteiger partial charge in [0.05, 0.1) is 5.75 Å². The van der Waals surface area contributed by atoms with Gasteiger partial charge in [-0.3, -0.25) is 0 Å². The summed E-state index contributed by atoms with van der Waals surface area (Å²) in [6, 6.07) is 0.341. The van der Waals surface area contributed by atoms with Crippen molar-refractivity contribution in [1.29, 1.82) is 0 Å². The highest BCUT2D eigenvalue weighted by Gasteiger charge is 2.24. The minimum absolute atomic E-state index is 0.163. The molecule has 4 nitrogen and oxygen atoms in total. The second kappa shape index (κ2) is 6.87. The fourth-order valence-corrected chi connectivity index (χ4v) is 4.69. The molecule has 1 heterocycles. The van der Waals surface area contributed by atoms with E-state index in [1.54, 1.807) is 0 Å². The Hall–Kier alpha value is -0.130. The first-order chi connectivity index (χ1) is 8.66. The van der Waals surface area contributed by atoms with E-state index in [2.05, 4.69) is 10.0 Å². The first kappa shape index (κ1) is 14.3. The highest BCUT2D eigenvalue weighted by atomic mass is 32.2. The Bertz CT molecular complexity index is 329. The van der Waals surface area contributed by atoms with Crippen molar-refractivity contribution in [2.24, 2.45) is 0 Å². The van der Waals surface area contributed by atoms with E-state index in [4.69, 9.17) is 0 Å². The van der Waals surface area contributed by atoms with Gasteiger partial charge in [-0.1, -0.05) is 32.1 Å². The van der Waals surface area contributed by atoms with E-state index >= 15 is 0 Å². The van der Waals surface area contributed by atoms with Gasteiger partial charge in [-0.25, -0.2) is 13.1 Å². The van der Waals surface area contributed by atoms with Crippen molar-refractivity contribution in [2.75, 3.05) is 12.3 Å². The quantitative estimate of drug-likeness (QED) is 0.821. The Morgan fingerprint density at radius 2 is 1.61 bits per heavy atom. The molecule has 2 aliphatic rings. The van der Waals surface area contributed by atoms with Crippen LogP contribution in [0.15, 0.2) is 0 Å². The Balaban J connectivity index is 1.81. The molecule has 0 bridgehead atoms. The van der Waals surface area contributed by atoms with Gasteiger partial charge in [0.2, 0.25) is 10.0 Å². The molecular weight excluding hydrogens is 248 g/mol. The van der Waals surface area contributed by atoms with E-state index in [0.29, 0.717) is 0 Å². The Labute approximate surface area is 111 Å². The Morgan fingerprint density at radius 1 is 0.944 bits per heavy atom. The van der Waals surface area contributed by atoms with Gasteiger partial charge in [0, 0.05) is 12.1 Å². The molecule has 0 amide bonds. The summed E-state index contributed by atoms with van der Waals surface area (Å²) in [4.78, 5) is 0. The molecule has 0 spiro atoms. The lowest BCUT2D eigenvalue weighted by Gasteiger charge is -2.22. The number of hydrogen-bond donors (Lipinski definition) is 2. The highest BCUT2D eigenvalue weighted by Crippen LogP contribution is 2.18. The highest BCUT2D eigenvalue weighted by molar-refractivity contribution is 7.89. The topological polar surface area (TPSA) is 58.2 Å². The molecule has 2 rings (SSSR count). The fraction of sp³-hybridized carbons (Fsp3) is 1.00. The number of sulfonamides is 1. The fourth-order valence-electron chi connectivity index (χ4n) is 3.04. The monoisotopic (exact) mass is 274 g/mol. The molecule has 0 aromatic heterocycles. The predicted molar refractivity (Wildman–Crippen MR) is 74.1 cm³/mol. The van der Waals surface area contributed by atoms with E-state index in [1.807, 2.05) is 0 Å². The molecule has 0 aromatic rings. The molecular formula is C13H26N2O2S. The predicted octanol–water partition coefficient (Wildman–Crippen LogP) is 1.77. The minimum atomic E-state index is -3.11. The molecule has 106 valence electrons. The summed E-state index contributed by atoms with van der Waals surface area (Å²) < 4.78 is 27.1. The SMILES string of the molecule is O=S(=O)(CC1CCCN1)NC1CCCCCCC1. The normalized spacial score (nSPS) is 27.9. The summed E-state index contributed by atoms with van der Waals surface area (Å²) in [5.41, 5.74) is 0. The Kier molecular flexibility index (Phi) is 5.45. The summed E-state index contributed by atoms with van der Waals surface area (Å²) in [5.74, 6) is 0.253. The molecule has 0 radical (unpaired) electrons. The van der Waals surface area contributed by atoms with Gasteiger partial charge >= 0.3 is 0 Å². The standard InChI is InChI=1S/C13H26N2O2S/c16-18(17,11-13-9-6-10-14-13)15-12-7-4-2-1-3-5-8-12/h12-15H,1-11H2. The van der Waals surface area contributed by atoms with Gasteiger partial charge in [-0.05, 0) is 32.2 Å². The smallest absolute Gasteiger partial charge is 0.213 e. The van der Waals surface area contributed by atoms with Crippen LogP contribution in [0.25, 0.3) is 0 Å². The maximum absolute atomic E-state index is 12.1. The molecule has 1 aliphatic heterocycles. The van der Waals surface area contributed by atoms with E-state index in [1.165, 1.54) is 19.3 Å². The molecule has 2 fully saturated rings. The van der Waals surface area contributed by atoms with Crippen LogP contribution < -0.4 is 10.0 Å². The van der Waals surface area contributed by atoms with Gasteiger partial charge in [-0.2, -0.15) is 0 Å². The third-order valence-corrected chi connectivity index (χ3v) is 5.57. The maximum atomic E-state index is 12.1. The van der Waals surface area contributed by atoms with Gasteiger partial charge < -0.3 is 5.32 Å². The number of rotatable bonds is 4. The second-order valence-corrected chi connectivity index (χ2v) is 7.53. The van der Waals surface area contributed by atoms with Crippen LogP contribution in [0, 0.1) is 0 Å². The van der Waals surface area contributed by atoms with Crippen molar-refractivity contribution in [2.45, 2.75) is 69.9 Å². The summed E-state index contributed by atoms with van der Waals surface area (Å²) in [6.07, 6.45) is 10.3. The number of hydrogen-bond acceptors (Lipinski definition) is 3. The minimum Gasteiger partial charge on any atom is -0.313 e. The van der Waals surface area contributed by atoms with E-state index in [0.717, 1.165) is 45.1 Å².